The maximum Gasteiger partial charge on any atom is 0.287 e. The number of carbonyl (C=O) groups is 2. The summed E-state index contributed by atoms with van der Waals surface area (Å²) in [7, 11) is 0. The summed E-state index contributed by atoms with van der Waals surface area (Å²) in [5, 5.41) is 10.6. The Morgan fingerprint density at radius 2 is 1.75 bits per heavy atom. The molecule has 9 heteroatoms. The van der Waals surface area contributed by atoms with Crippen molar-refractivity contribution in [2.24, 2.45) is 0 Å². The summed E-state index contributed by atoms with van der Waals surface area (Å²) in [6.45, 7) is 0. The van der Waals surface area contributed by atoms with Crippen molar-refractivity contribution in [2.45, 2.75) is 0 Å². The first-order chi connectivity index (χ1) is 9.59. The summed E-state index contributed by atoms with van der Waals surface area (Å²) >= 11 is 2.73. The number of hydrogen-bond acceptors (Lipinski definition) is 7. The third-order valence-electron chi connectivity index (χ3n) is 2.75. The van der Waals surface area contributed by atoms with Gasteiger partial charge in [0.05, 0.1) is 14.7 Å². The number of nitro groups is 1. The Labute approximate surface area is 121 Å². The van der Waals surface area contributed by atoms with Crippen LogP contribution in [0, 0.1) is 10.1 Å². The molecule has 0 saturated carbocycles. The molecule has 0 aromatic carbocycles. The minimum atomic E-state index is -0.584. The fourth-order valence-corrected chi connectivity index (χ4v) is 4.15. The number of carbonyl (C=O) groups excluding carboxylic acids is 2. The Bertz CT molecular complexity index is 628. The van der Waals surface area contributed by atoms with E-state index in [-0.39, 0.29) is 11.5 Å². The predicted octanol–water partition coefficient (Wildman–Crippen LogP) is 1.55. The van der Waals surface area contributed by atoms with Gasteiger partial charge in [-0.1, -0.05) is 0 Å². The summed E-state index contributed by atoms with van der Waals surface area (Å²) in [4.78, 5) is 40.1. The number of imide groups is 1. The highest BCUT2D eigenvalue weighted by atomic mass is 32.2. The lowest BCUT2D eigenvalue weighted by molar-refractivity contribution is -0.385. The Balaban J connectivity index is 1.94. The standard InChI is InChI=1S/C11H7N3O4S2/c15-10-8-9(20-4-3-19-8)11(16)13(10)7-2-1-6(5-12-7)14(17)18/h1-2,5H,3-4H2. The first-order valence-corrected chi connectivity index (χ1v) is 7.56. The number of thioether (sulfide) groups is 2. The van der Waals surface area contributed by atoms with Crippen molar-refractivity contribution in [2.75, 3.05) is 16.4 Å². The van der Waals surface area contributed by atoms with Gasteiger partial charge < -0.3 is 0 Å². The Kier molecular flexibility index (Phi) is 3.22. The van der Waals surface area contributed by atoms with E-state index in [9.17, 15) is 19.7 Å². The molecule has 102 valence electrons. The molecular formula is C11H7N3O4S2. The lowest BCUT2D eigenvalue weighted by Crippen LogP contribution is -2.31. The Morgan fingerprint density at radius 3 is 2.20 bits per heavy atom. The molecule has 0 saturated heterocycles. The normalized spacial score (nSPS) is 18.5. The average molecular weight is 309 g/mol. The molecule has 0 atom stereocenters. The number of hydrogen-bond donors (Lipinski definition) is 0. The Hall–Kier alpha value is -1.87. The fraction of sp³-hybridized carbons (Fsp3) is 0.182. The van der Waals surface area contributed by atoms with Crippen LogP contribution < -0.4 is 4.90 Å². The van der Waals surface area contributed by atoms with Gasteiger partial charge in [0.15, 0.2) is 0 Å². The molecule has 0 spiro atoms. The summed E-state index contributed by atoms with van der Waals surface area (Å²) < 4.78 is 0. The third-order valence-corrected chi connectivity index (χ3v) is 5.29. The molecule has 20 heavy (non-hydrogen) atoms. The van der Waals surface area contributed by atoms with Crippen LogP contribution in [-0.4, -0.2) is 33.2 Å². The van der Waals surface area contributed by atoms with E-state index in [1.54, 1.807) is 0 Å². The van der Waals surface area contributed by atoms with E-state index in [1.807, 2.05) is 0 Å². The van der Waals surface area contributed by atoms with Crippen LogP contribution in [0.4, 0.5) is 11.5 Å². The molecule has 0 aliphatic carbocycles. The van der Waals surface area contributed by atoms with E-state index in [0.717, 1.165) is 22.6 Å². The topological polar surface area (TPSA) is 93.4 Å². The number of rotatable bonds is 2. The molecule has 1 aromatic heterocycles. The molecule has 2 amide bonds. The van der Waals surface area contributed by atoms with Crippen molar-refractivity contribution in [3.05, 3.63) is 38.3 Å². The van der Waals surface area contributed by atoms with Crippen LogP contribution in [0.2, 0.25) is 0 Å². The molecule has 2 aliphatic heterocycles. The number of pyridine rings is 1. The van der Waals surface area contributed by atoms with E-state index in [0.29, 0.717) is 9.81 Å². The van der Waals surface area contributed by atoms with Crippen molar-refractivity contribution >= 4 is 46.8 Å². The molecule has 0 bridgehead atoms. The van der Waals surface area contributed by atoms with Crippen molar-refractivity contribution in [1.82, 2.24) is 4.98 Å². The van der Waals surface area contributed by atoms with Gasteiger partial charge in [0, 0.05) is 17.6 Å². The number of anilines is 1. The maximum atomic E-state index is 12.2. The smallest absolute Gasteiger partial charge is 0.267 e. The van der Waals surface area contributed by atoms with Crippen molar-refractivity contribution in [3.63, 3.8) is 0 Å². The summed E-state index contributed by atoms with van der Waals surface area (Å²) in [6.07, 6.45) is 1.04. The SMILES string of the molecule is O=C1C2=C(SCCS2)C(=O)N1c1ccc([N+](=O)[O-])cn1. The third kappa shape index (κ3) is 1.98. The average Bonchev–Trinajstić information content (AvgIpc) is 2.72. The van der Waals surface area contributed by atoms with Crippen LogP contribution in [0.1, 0.15) is 0 Å². The lowest BCUT2D eigenvalue weighted by atomic mass is 10.4. The van der Waals surface area contributed by atoms with Gasteiger partial charge in [-0.25, -0.2) is 9.88 Å². The van der Waals surface area contributed by atoms with Crippen LogP contribution in [0.25, 0.3) is 0 Å². The Morgan fingerprint density at radius 1 is 1.15 bits per heavy atom. The van der Waals surface area contributed by atoms with E-state index < -0.39 is 16.7 Å². The predicted molar refractivity (Wildman–Crippen MR) is 75.3 cm³/mol. The first-order valence-electron chi connectivity index (χ1n) is 5.58. The highest BCUT2D eigenvalue weighted by Gasteiger charge is 2.41. The highest BCUT2D eigenvalue weighted by Crippen LogP contribution is 2.41. The van der Waals surface area contributed by atoms with E-state index in [1.165, 1.54) is 35.7 Å². The van der Waals surface area contributed by atoms with Crippen molar-refractivity contribution < 1.29 is 14.5 Å². The first kappa shape index (κ1) is 13.1. The van der Waals surface area contributed by atoms with Gasteiger partial charge >= 0.3 is 0 Å². The zero-order valence-corrected chi connectivity index (χ0v) is 11.6. The monoisotopic (exact) mass is 309 g/mol. The molecule has 2 aliphatic rings. The van der Waals surface area contributed by atoms with E-state index in [4.69, 9.17) is 0 Å². The van der Waals surface area contributed by atoms with Gasteiger partial charge in [-0.2, -0.15) is 0 Å². The van der Waals surface area contributed by atoms with Gasteiger partial charge in [-0.05, 0) is 6.07 Å². The lowest BCUT2D eigenvalue weighted by Gasteiger charge is -2.12. The van der Waals surface area contributed by atoms with Gasteiger partial charge in [0.1, 0.15) is 12.0 Å². The van der Waals surface area contributed by atoms with Crippen LogP contribution in [0.15, 0.2) is 28.1 Å². The zero-order chi connectivity index (χ0) is 14.3. The summed E-state index contributed by atoms with van der Waals surface area (Å²) in [5.74, 6) is 0.877. The molecule has 0 N–H and O–H groups in total. The van der Waals surface area contributed by atoms with Crippen LogP contribution in [0.3, 0.4) is 0 Å². The minimum absolute atomic E-state index is 0.112. The van der Waals surface area contributed by atoms with Gasteiger partial charge in [0.2, 0.25) is 0 Å². The minimum Gasteiger partial charge on any atom is -0.267 e. The highest BCUT2D eigenvalue weighted by molar-refractivity contribution is 8.11. The summed E-state index contributed by atoms with van der Waals surface area (Å²) in [6, 6.07) is 2.53. The van der Waals surface area contributed by atoms with Crippen LogP contribution in [0.5, 0.6) is 0 Å². The van der Waals surface area contributed by atoms with Crippen LogP contribution >= 0.6 is 23.5 Å². The number of nitrogens with zero attached hydrogens (tertiary/aromatic N) is 3. The van der Waals surface area contributed by atoms with Crippen LogP contribution in [-0.2, 0) is 9.59 Å². The van der Waals surface area contributed by atoms with Gasteiger partial charge in [-0.3, -0.25) is 19.7 Å². The largest absolute Gasteiger partial charge is 0.287 e. The maximum absolute atomic E-state index is 12.2. The molecular weight excluding hydrogens is 302 g/mol. The molecule has 7 nitrogen and oxygen atoms in total. The second-order valence-corrected chi connectivity index (χ2v) is 6.14. The second-order valence-electron chi connectivity index (χ2n) is 3.93. The molecule has 0 fully saturated rings. The second kappa shape index (κ2) is 4.91. The van der Waals surface area contributed by atoms with Crippen molar-refractivity contribution in [1.29, 1.82) is 0 Å². The zero-order valence-electron chi connectivity index (χ0n) is 9.94. The number of aromatic nitrogens is 1. The van der Waals surface area contributed by atoms with Crippen molar-refractivity contribution in [3.8, 4) is 0 Å². The molecule has 0 unspecified atom stereocenters. The molecule has 3 heterocycles. The van der Waals surface area contributed by atoms with E-state index in [2.05, 4.69) is 4.98 Å². The quantitative estimate of drug-likeness (QED) is 0.465. The molecule has 0 radical (unpaired) electrons. The molecule has 3 rings (SSSR count). The van der Waals surface area contributed by atoms with E-state index >= 15 is 0 Å². The fourth-order valence-electron chi connectivity index (χ4n) is 1.86. The molecule has 1 aromatic rings. The van der Waals surface area contributed by atoms with Gasteiger partial charge in [-0.15, -0.1) is 23.5 Å². The number of amides is 2. The summed E-state index contributed by atoms with van der Waals surface area (Å²) in [5.41, 5.74) is -0.186. The van der Waals surface area contributed by atoms with Gasteiger partial charge in [0.25, 0.3) is 17.5 Å².